The highest BCUT2D eigenvalue weighted by atomic mass is 19.2. The zero-order valence-corrected chi connectivity index (χ0v) is 9.17. The Hall–Kier alpha value is -1.49. The number of halogens is 2. The predicted octanol–water partition coefficient (Wildman–Crippen LogP) is 1.47. The number of hydrogen-bond acceptors (Lipinski definition) is 2. The summed E-state index contributed by atoms with van der Waals surface area (Å²) < 4.78 is 26.2. The summed E-state index contributed by atoms with van der Waals surface area (Å²) in [4.78, 5) is 11.6. The van der Waals surface area contributed by atoms with E-state index in [-0.39, 0.29) is 24.1 Å². The SMILES string of the molecule is O=C(NCC1(CO)CC1)c1cccc(F)c1F. The van der Waals surface area contributed by atoms with Crippen molar-refractivity contribution in [1.29, 1.82) is 0 Å². The first-order valence-corrected chi connectivity index (χ1v) is 5.41. The molecule has 1 saturated carbocycles. The number of carbonyl (C=O) groups is 1. The van der Waals surface area contributed by atoms with Crippen molar-refractivity contribution < 1.29 is 18.7 Å². The summed E-state index contributed by atoms with van der Waals surface area (Å²) in [5.74, 6) is -2.83. The Balaban J connectivity index is 2.02. The lowest BCUT2D eigenvalue weighted by Gasteiger charge is -2.12. The fraction of sp³-hybridized carbons (Fsp3) is 0.417. The molecular formula is C12H13F2NO2. The number of carbonyl (C=O) groups excluding carboxylic acids is 1. The number of aliphatic hydroxyl groups is 1. The van der Waals surface area contributed by atoms with Gasteiger partial charge >= 0.3 is 0 Å². The first-order valence-electron chi connectivity index (χ1n) is 5.41. The zero-order chi connectivity index (χ0) is 12.5. The maximum atomic E-state index is 13.3. The summed E-state index contributed by atoms with van der Waals surface area (Å²) in [6.07, 6.45) is 1.69. The largest absolute Gasteiger partial charge is 0.396 e. The van der Waals surface area contributed by atoms with Crippen molar-refractivity contribution in [3.05, 3.63) is 35.4 Å². The molecule has 1 amide bonds. The van der Waals surface area contributed by atoms with Crippen LogP contribution < -0.4 is 5.32 Å². The second kappa shape index (κ2) is 4.41. The van der Waals surface area contributed by atoms with Crippen LogP contribution >= 0.6 is 0 Å². The van der Waals surface area contributed by atoms with E-state index >= 15 is 0 Å². The highest BCUT2D eigenvalue weighted by Crippen LogP contribution is 2.44. The summed E-state index contributed by atoms with van der Waals surface area (Å²) in [6.45, 7) is 0.289. The summed E-state index contributed by atoms with van der Waals surface area (Å²) in [5, 5.41) is 11.6. The number of nitrogens with one attached hydrogen (secondary N) is 1. The molecule has 5 heteroatoms. The van der Waals surface area contributed by atoms with Crippen LogP contribution in [0.2, 0.25) is 0 Å². The third-order valence-electron chi connectivity index (χ3n) is 3.11. The number of aliphatic hydroxyl groups excluding tert-OH is 1. The molecule has 0 atom stereocenters. The molecule has 1 aromatic rings. The minimum atomic E-state index is -1.14. The summed E-state index contributed by atoms with van der Waals surface area (Å²) >= 11 is 0. The van der Waals surface area contributed by atoms with Gasteiger partial charge in [0.15, 0.2) is 11.6 Å². The maximum absolute atomic E-state index is 13.3. The Bertz CT molecular complexity index is 444. The Kier molecular flexibility index (Phi) is 3.11. The van der Waals surface area contributed by atoms with E-state index in [0.717, 1.165) is 18.9 Å². The number of amides is 1. The number of benzene rings is 1. The van der Waals surface area contributed by atoms with E-state index in [1.54, 1.807) is 0 Å². The van der Waals surface area contributed by atoms with Crippen molar-refractivity contribution in [2.45, 2.75) is 12.8 Å². The number of hydrogen-bond donors (Lipinski definition) is 2. The lowest BCUT2D eigenvalue weighted by Crippen LogP contribution is -2.32. The highest BCUT2D eigenvalue weighted by molar-refractivity contribution is 5.94. The summed E-state index contributed by atoms with van der Waals surface area (Å²) in [7, 11) is 0. The molecule has 2 rings (SSSR count). The van der Waals surface area contributed by atoms with Gasteiger partial charge in [-0.05, 0) is 25.0 Å². The first kappa shape index (κ1) is 12.0. The Labute approximate surface area is 97.5 Å². The number of rotatable bonds is 4. The van der Waals surface area contributed by atoms with Crippen molar-refractivity contribution in [2.24, 2.45) is 5.41 Å². The fourth-order valence-electron chi connectivity index (χ4n) is 1.61. The van der Waals surface area contributed by atoms with Gasteiger partial charge in [0.2, 0.25) is 0 Å². The van der Waals surface area contributed by atoms with Crippen molar-refractivity contribution in [3.8, 4) is 0 Å². The van der Waals surface area contributed by atoms with Gasteiger partial charge in [0.25, 0.3) is 5.91 Å². The maximum Gasteiger partial charge on any atom is 0.254 e. The molecule has 17 heavy (non-hydrogen) atoms. The van der Waals surface area contributed by atoms with Crippen LogP contribution in [0, 0.1) is 17.0 Å². The summed E-state index contributed by atoms with van der Waals surface area (Å²) in [6, 6.07) is 3.47. The predicted molar refractivity (Wildman–Crippen MR) is 57.4 cm³/mol. The highest BCUT2D eigenvalue weighted by Gasteiger charge is 2.42. The van der Waals surface area contributed by atoms with E-state index in [4.69, 9.17) is 5.11 Å². The van der Waals surface area contributed by atoms with E-state index in [2.05, 4.69) is 5.32 Å². The van der Waals surface area contributed by atoms with Gasteiger partial charge in [-0.1, -0.05) is 6.07 Å². The van der Waals surface area contributed by atoms with Crippen molar-refractivity contribution in [2.75, 3.05) is 13.2 Å². The molecule has 3 nitrogen and oxygen atoms in total. The average Bonchev–Trinajstić information content (AvgIpc) is 3.10. The van der Waals surface area contributed by atoms with Crippen LogP contribution in [0.4, 0.5) is 8.78 Å². The van der Waals surface area contributed by atoms with Crippen molar-refractivity contribution in [1.82, 2.24) is 5.32 Å². The van der Waals surface area contributed by atoms with E-state index in [9.17, 15) is 13.6 Å². The Morgan fingerprint density at radius 3 is 2.71 bits per heavy atom. The van der Waals surface area contributed by atoms with Crippen LogP contribution in [0.3, 0.4) is 0 Å². The molecule has 1 aliphatic carbocycles. The molecule has 92 valence electrons. The minimum absolute atomic E-state index is 0.00108. The summed E-state index contributed by atoms with van der Waals surface area (Å²) in [5.41, 5.74) is -0.557. The van der Waals surface area contributed by atoms with Gasteiger partial charge in [-0.3, -0.25) is 4.79 Å². The molecule has 1 fully saturated rings. The van der Waals surface area contributed by atoms with E-state index < -0.39 is 17.5 Å². The first-order chi connectivity index (χ1) is 8.08. The molecule has 0 aliphatic heterocycles. The van der Waals surface area contributed by atoms with Gasteiger partial charge in [0.05, 0.1) is 12.2 Å². The van der Waals surface area contributed by atoms with Crippen molar-refractivity contribution >= 4 is 5.91 Å². The van der Waals surface area contributed by atoms with Crippen LogP contribution in [0.1, 0.15) is 23.2 Å². The molecule has 1 aliphatic rings. The van der Waals surface area contributed by atoms with Gasteiger partial charge in [0.1, 0.15) is 0 Å². The van der Waals surface area contributed by atoms with E-state index in [0.29, 0.717) is 0 Å². The third kappa shape index (κ3) is 2.44. The second-order valence-electron chi connectivity index (χ2n) is 4.44. The molecule has 1 aromatic carbocycles. The van der Waals surface area contributed by atoms with Gasteiger partial charge in [-0.25, -0.2) is 8.78 Å². The fourth-order valence-corrected chi connectivity index (χ4v) is 1.61. The topological polar surface area (TPSA) is 49.3 Å². The molecule has 0 bridgehead atoms. The van der Waals surface area contributed by atoms with Crippen LogP contribution in [0.25, 0.3) is 0 Å². The van der Waals surface area contributed by atoms with Gasteiger partial charge in [-0.15, -0.1) is 0 Å². The zero-order valence-electron chi connectivity index (χ0n) is 9.17. The third-order valence-corrected chi connectivity index (χ3v) is 3.11. The molecule has 0 saturated heterocycles. The van der Waals surface area contributed by atoms with Gasteiger partial charge in [-0.2, -0.15) is 0 Å². The Morgan fingerprint density at radius 1 is 1.41 bits per heavy atom. The lowest BCUT2D eigenvalue weighted by atomic mass is 10.1. The average molecular weight is 241 g/mol. The monoisotopic (exact) mass is 241 g/mol. The van der Waals surface area contributed by atoms with E-state index in [1.165, 1.54) is 12.1 Å². The molecule has 0 radical (unpaired) electrons. The second-order valence-corrected chi connectivity index (χ2v) is 4.44. The van der Waals surface area contributed by atoms with E-state index in [1.807, 2.05) is 0 Å². The van der Waals surface area contributed by atoms with Gasteiger partial charge in [0, 0.05) is 12.0 Å². The quantitative estimate of drug-likeness (QED) is 0.838. The molecule has 0 aromatic heterocycles. The van der Waals surface area contributed by atoms with Crippen molar-refractivity contribution in [3.63, 3.8) is 0 Å². The molecule has 0 heterocycles. The minimum Gasteiger partial charge on any atom is -0.396 e. The normalized spacial score (nSPS) is 16.6. The van der Waals surface area contributed by atoms with Crippen LogP contribution in [0.15, 0.2) is 18.2 Å². The smallest absolute Gasteiger partial charge is 0.254 e. The van der Waals surface area contributed by atoms with Gasteiger partial charge < -0.3 is 10.4 Å². The molecule has 0 unspecified atom stereocenters. The molecule has 2 N–H and O–H groups in total. The van der Waals surface area contributed by atoms with Crippen LogP contribution in [0.5, 0.6) is 0 Å². The Morgan fingerprint density at radius 2 is 2.12 bits per heavy atom. The molecule has 0 spiro atoms. The van der Waals surface area contributed by atoms with Crippen LogP contribution in [-0.2, 0) is 0 Å². The lowest BCUT2D eigenvalue weighted by molar-refractivity contribution is 0.0930. The molecular weight excluding hydrogens is 228 g/mol. The van der Waals surface area contributed by atoms with Crippen LogP contribution in [-0.4, -0.2) is 24.2 Å². The standard InChI is InChI=1S/C12H13F2NO2/c13-9-3-1-2-8(10(9)14)11(17)15-6-12(7-16)4-5-12/h1-3,16H,4-7H2,(H,15,17).